The highest BCUT2D eigenvalue weighted by atomic mass is 35.5. The van der Waals surface area contributed by atoms with Gasteiger partial charge in [0.1, 0.15) is 11.4 Å². The number of methoxy groups -OCH3 is 1. The quantitative estimate of drug-likeness (QED) is 0.337. The molecule has 2 aromatic rings. The van der Waals surface area contributed by atoms with E-state index in [1.807, 2.05) is 51.1 Å². The fourth-order valence-electron chi connectivity index (χ4n) is 3.64. The predicted octanol–water partition coefficient (Wildman–Crippen LogP) is 7.19. The van der Waals surface area contributed by atoms with E-state index in [0.29, 0.717) is 24.3 Å². The zero-order chi connectivity index (χ0) is 25.4. The van der Waals surface area contributed by atoms with Crippen molar-refractivity contribution in [3.8, 4) is 5.75 Å². The van der Waals surface area contributed by atoms with E-state index in [0.717, 1.165) is 39.5 Å². The van der Waals surface area contributed by atoms with Gasteiger partial charge in [0.25, 0.3) is 0 Å². The van der Waals surface area contributed by atoms with E-state index in [2.05, 4.69) is 25.2 Å². The van der Waals surface area contributed by atoms with Crippen LogP contribution in [0, 0.1) is 6.92 Å². The summed E-state index contributed by atoms with van der Waals surface area (Å²) < 4.78 is 10.9. The van der Waals surface area contributed by atoms with E-state index in [4.69, 9.17) is 21.1 Å². The fourth-order valence-corrected chi connectivity index (χ4v) is 5.05. The summed E-state index contributed by atoms with van der Waals surface area (Å²) in [5.41, 5.74) is 0.773. The number of aliphatic hydroxyl groups excluding tert-OH is 1. The second kappa shape index (κ2) is 12.7. The van der Waals surface area contributed by atoms with Crippen LogP contribution in [0.1, 0.15) is 64.5 Å². The lowest BCUT2D eigenvalue weighted by molar-refractivity contribution is 0.0371. The van der Waals surface area contributed by atoms with Crippen molar-refractivity contribution in [3.05, 3.63) is 52.5 Å². The second-order valence-electron chi connectivity index (χ2n) is 9.68. The van der Waals surface area contributed by atoms with Crippen LogP contribution in [0.2, 0.25) is 5.02 Å². The summed E-state index contributed by atoms with van der Waals surface area (Å²) in [6.45, 7) is 9.45. The van der Waals surface area contributed by atoms with Gasteiger partial charge in [-0.25, -0.2) is 4.79 Å². The Morgan fingerprint density at radius 3 is 2.47 bits per heavy atom. The van der Waals surface area contributed by atoms with Crippen molar-refractivity contribution in [1.82, 2.24) is 5.32 Å². The van der Waals surface area contributed by atoms with Crippen LogP contribution in [0.15, 0.2) is 46.2 Å². The maximum absolute atomic E-state index is 12.5. The summed E-state index contributed by atoms with van der Waals surface area (Å²) in [4.78, 5) is 14.5. The normalized spacial score (nSPS) is 13.3. The lowest BCUT2D eigenvalue weighted by Gasteiger charge is -2.34. The van der Waals surface area contributed by atoms with Crippen LogP contribution in [-0.2, 0) is 11.2 Å². The van der Waals surface area contributed by atoms with Crippen LogP contribution >= 0.6 is 23.4 Å². The lowest BCUT2D eigenvalue weighted by atomic mass is 9.87. The largest absolute Gasteiger partial charge is 0.496 e. The molecule has 34 heavy (non-hydrogen) atoms. The number of aliphatic hydroxyl groups is 1. The molecule has 2 rings (SSSR count). The Hall–Kier alpha value is -1.89. The molecule has 2 N–H and O–H groups in total. The first-order valence-corrected chi connectivity index (χ1v) is 12.9. The van der Waals surface area contributed by atoms with Gasteiger partial charge in [-0.2, -0.15) is 0 Å². The fraction of sp³-hybridized carbons (Fsp3) is 0.519. The highest BCUT2D eigenvalue weighted by Gasteiger charge is 2.32. The van der Waals surface area contributed by atoms with Crippen molar-refractivity contribution in [2.24, 2.45) is 0 Å². The Morgan fingerprint density at radius 2 is 1.88 bits per heavy atom. The van der Waals surface area contributed by atoms with Crippen LogP contribution in [0.5, 0.6) is 5.75 Å². The van der Waals surface area contributed by atoms with Crippen molar-refractivity contribution < 1.29 is 19.4 Å². The van der Waals surface area contributed by atoms with E-state index in [1.54, 1.807) is 18.9 Å². The first-order chi connectivity index (χ1) is 16.0. The first-order valence-electron chi connectivity index (χ1n) is 11.7. The Bertz CT molecular complexity index is 960. The number of carbonyl (C=O) groups excluding carboxylic acids is 1. The molecule has 0 heterocycles. The minimum absolute atomic E-state index is 0.162. The summed E-state index contributed by atoms with van der Waals surface area (Å²) in [6, 6.07) is 12.1. The smallest absolute Gasteiger partial charge is 0.408 e. The molecule has 0 unspecified atom stereocenters. The highest BCUT2D eigenvalue weighted by molar-refractivity contribution is 7.99. The summed E-state index contributed by atoms with van der Waals surface area (Å²) >= 11 is 8.26. The van der Waals surface area contributed by atoms with Crippen LogP contribution in [0.4, 0.5) is 4.79 Å². The van der Waals surface area contributed by atoms with Crippen LogP contribution in [0.25, 0.3) is 0 Å². The molecule has 1 amide bonds. The summed E-state index contributed by atoms with van der Waals surface area (Å²) in [5.74, 6) is 0.827. The van der Waals surface area contributed by atoms with Gasteiger partial charge in [0.2, 0.25) is 0 Å². The molecule has 0 fully saturated rings. The Labute approximate surface area is 213 Å². The van der Waals surface area contributed by atoms with Crippen molar-refractivity contribution in [2.45, 2.75) is 87.7 Å². The molecule has 5 nitrogen and oxygen atoms in total. The van der Waals surface area contributed by atoms with Crippen LogP contribution in [-0.4, -0.2) is 36.1 Å². The molecule has 0 radical (unpaired) electrons. The standard InChI is InChI=1S/C27H38ClNO4S/c1-7-8-14-27(18-30,29-25(31)33-26(3,4)5)15-13-20-10-11-21(17-22(20)28)34-24-16-19(2)9-12-23(24)32-6/h9-12,16-17,30H,7-8,13-15,18H2,1-6H3,(H,29,31)/t27-/m0/s1. The molecule has 7 heteroatoms. The number of hydrogen-bond donors (Lipinski definition) is 2. The number of aryl methyl sites for hydroxylation is 2. The molecular formula is C27H38ClNO4S. The van der Waals surface area contributed by atoms with Gasteiger partial charge in [-0.05, 0) is 82.3 Å². The molecule has 0 aliphatic carbocycles. The maximum atomic E-state index is 12.5. The average Bonchev–Trinajstić information content (AvgIpc) is 2.75. The van der Waals surface area contributed by atoms with E-state index >= 15 is 0 Å². The molecule has 0 aliphatic rings. The Morgan fingerprint density at radius 1 is 1.15 bits per heavy atom. The van der Waals surface area contributed by atoms with Gasteiger partial charge in [-0.1, -0.05) is 55.3 Å². The zero-order valence-corrected chi connectivity index (χ0v) is 22.7. The summed E-state index contributed by atoms with van der Waals surface area (Å²) in [5, 5.41) is 13.9. The van der Waals surface area contributed by atoms with Crippen LogP contribution < -0.4 is 10.1 Å². The highest BCUT2D eigenvalue weighted by Crippen LogP contribution is 2.37. The number of halogens is 1. The molecule has 0 bridgehead atoms. The number of benzene rings is 2. The topological polar surface area (TPSA) is 67.8 Å². The average molecular weight is 508 g/mol. The van der Waals surface area contributed by atoms with Crippen molar-refractivity contribution >= 4 is 29.5 Å². The first kappa shape index (κ1) is 28.3. The number of carbonyl (C=O) groups is 1. The van der Waals surface area contributed by atoms with E-state index < -0.39 is 17.2 Å². The second-order valence-corrected chi connectivity index (χ2v) is 11.2. The minimum Gasteiger partial charge on any atom is -0.496 e. The van der Waals surface area contributed by atoms with E-state index in [9.17, 15) is 9.90 Å². The van der Waals surface area contributed by atoms with Crippen molar-refractivity contribution in [1.29, 1.82) is 0 Å². The molecule has 0 spiro atoms. The SMILES string of the molecule is CCCC[C@@](CO)(CCc1ccc(Sc2cc(C)ccc2OC)cc1Cl)NC(=O)OC(C)(C)C. The number of ether oxygens (including phenoxy) is 2. The Kier molecular flexibility index (Phi) is 10.6. The van der Waals surface area contributed by atoms with Gasteiger partial charge >= 0.3 is 6.09 Å². The van der Waals surface area contributed by atoms with Gasteiger partial charge in [0, 0.05) is 9.92 Å². The number of nitrogens with one attached hydrogen (secondary N) is 1. The third-order valence-electron chi connectivity index (χ3n) is 5.52. The number of rotatable bonds is 11. The lowest BCUT2D eigenvalue weighted by Crippen LogP contribution is -2.53. The number of hydrogen-bond acceptors (Lipinski definition) is 5. The molecule has 0 saturated heterocycles. The summed E-state index contributed by atoms with van der Waals surface area (Å²) in [6.07, 6.45) is 3.18. The van der Waals surface area contributed by atoms with E-state index in [1.165, 1.54) is 0 Å². The molecule has 188 valence electrons. The van der Waals surface area contributed by atoms with Crippen molar-refractivity contribution in [3.63, 3.8) is 0 Å². The van der Waals surface area contributed by atoms with Crippen molar-refractivity contribution in [2.75, 3.05) is 13.7 Å². The predicted molar refractivity (Wildman–Crippen MR) is 140 cm³/mol. The number of unbranched alkanes of at least 4 members (excludes halogenated alkanes) is 1. The Balaban J connectivity index is 2.15. The molecule has 2 aromatic carbocycles. The molecular weight excluding hydrogens is 470 g/mol. The van der Waals surface area contributed by atoms with Crippen LogP contribution in [0.3, 0.4) is 0 Å². The third-order valence-corrected chi connectivity index (χ3v) is 6.90. The minimum atomic E-state index is -0.760. The van der Waals surface area contributed by atoms with Gasteiger partial charge in [-0.15, -0.1) is 0 Å². The number of amides is 1. The van der Waals surface area contributed by atoms with Gasteiger partial charge in [0.15, 0.2) is 0 Å². The third kappa shape index (κ3) is 8.71. The molecule has 0 saturated carbocycles. The van der Waals surface area contributed by atoms with E-state index in [-0.39, 0.29) is 6.61 Å². The number of alkyl carbamates (subject to hydrolysis) is 1. The maximum Gasteiger partial charge on any atom is 0.408 e. The molecule has 1 atom stereocenters. The molecule has 0 aromatic heterocycles. The van der Waals surface area contributed by atoms with Gasteiger partial charge < -0.3 is 19.9 Å². The van der Waals surface area contributed by atoms with Gasteiger partial charge in [0.05, 0.1) is 24.2 Å². The van der Waals surface area contributed by atoms with Gasteiger partial charge in [-0.3, -0.25) is 0 Å². The molecule has 0 aliphatic heterocycles. The summed E-state index contributed by atoms with van der Waals surface area (Å²) in [7, 11) is 1.67. The monoisotopic (exact) mass is 507 g/mol. The zero-order valence-electron chi connectivity index (χ0n) is 21.2.